The number of hydrogen-bond acceptors (Lipinski definition) is 3. The molecule has 4 nitrogen and oxygen atoms in total. The van der Waals surface area contributed by atoms with Gasteiger partial charge in [0.15, 0.2) is 0 Å². The van der Waals surface area contributed by atoms with Crippen LogP contribution in [0.25, 0.3) is 0 Å². The number of rotatable bonds is 46. The van der Waals surface area contributed by atoms with Crippen molar-refractivity contribution in [1.82, 2.24) is 5.32 Å². The van der Waals surface area contributed by atoms with Gasteiger partial charge in [-0.25, -0.2) is 0 Å². The van der Waals surface area contributed by atoms with Gasteiger partial charge in [0, 0.05) is 6.42 Å². The summed E-state index contributed by atoms with van der Waals surface area (Å²) in [6.07, 6.45) is 61.4. The van der Waals surface area contributed by atoms with E-state index >= 15 is 0 Å². The summed E-state index contributed by atoms with van der Waals surface area (Å²) in [5.74, 6) is -0.0361. The van der Waals surface area contributed by atoms with Crippen molar-refractivity contribution in [1.29, 1.82) is 0 Å². The average molecular weight is 774 g/mol. The van der Waals surface area contributed by atoms with Gasteiger partial charge in [0.25, 0.3) is 0 Å². The van der Waals surface area contributed by atoms with Gasteiger partial charge in [0.2, 0.25) is 5.91 Å². The molecule has 0 aliphatic rings. The number of hydrogen-bond donors (Lipinski definition) is 3. The van der Waals surface area contributed by atoms with Gasteiger partial charge < -0.3 is 15.5 Å². The number of unbranched alkanes of at least 4 members (excludes halogenated alkanes) is 35. The molecule has 0 aromatic carbocycles. The van der Waals surface area contributed by atoms with Crippen molar-refractivity contribution in [3.63, 3.8) is 0 Å². The summed E-state index contributed by atoms with van der Waals surface area (Å²) in [4.78, 5) is 12.4. The number of aliphatic hydroxyl groups excluding tert-OH is 2. The quantitative estimate of drug-likeness (QED) is 0.0426. The molecule has 0 heterocycles. The molecule has 2 atom stereocenters. The van der Waals surface area contributed by atoms with Crippen LogP contribution in [0.3, 0.4) is 0 Å². The van der Waals surface area contributed by atoms with Crippen molar-refractivity contribution in [3.8, 4) is 0 Å². The molecule has 1 amide bonds. The molecule has 0 aromatic rings. The van der Waals surface area contributed by atoms with Gasteiger partial charge in [-0.15, -0.1) is 0 Å². The molecule has 4 heteroatoms. The SMILES string of the molecule is CCCCCC/C=C\C/C=C\CCCCCCCCCC(=O)NC(CO)C(O)CCCCCCCCCCCCCCCCCCCCCCCCCCC. The lowest BCUT2D eigenvalue weighted by Gasteiger charge is -2.22. The Hall–Kier alpha value is -1.13. The molecule has 3 N–H and O–H groups in total. The number of aliphatic hydroxyl groups is 2. The minimum absolute atomic E-state index is 0.0361. The lowest BCUT2D eigenvalue weighted by atomic mass is 10.0. The molecule has 2 unspecified atom stereocenters. The fourth-order valence-electron chi connectivity index (χ4n) is 7.86. The van der Waals surface area contributed by atoms with Crippen LogP contribution < -0.4 is 5.32 Å². The summed E-state index contributed by atoms with van der Waals surface area (Å²) in [6.45, 7) is 4.36. The molecular weight excluding hydrogens is 675 g/mol. The minimum Gasteiger partial charge on any atom is -0.394 e. The summed E-state index contributed by atoms with van der Waals surface area (Å²) < 4.78 is 0. The fourth-order valence-corrected chi connectivity index (χ4v) is 7.86. The van der Waals surface area contributed by atoms with E-state index in [0.717, 1.165) is 32.1 Å². The highest BCUT2D eigenvalue weighted by molar-refractivity contribution is 5.76. The van der Waals surface area contributed by atoms with Crippen LogP contribution in [0.5, 0.6) is 0 Å². The Labute approximate surface area is 345 Å². The molecule has 0 radical (unpaired) electrons. The second kappa shape index (κ2) is 47.2. The van der Waals surface area contributed by atoms with Crippen molar-refractivity contribution >= 4 is 5.91 Å². The van der Waals surface area contributed by atoms with E-state index in [9.17, 15) is 15.0 Å². The van der Waals surface area contributed by atoms with Crippen LogP contribution in [-0.2, 0) is 4.79 Å². The zero-order valence-electron chi connectivity index (χ0n) is 37.5. The summed E-state index contributed by atoms with van der Waals surface area (Å²) in [6, 6.07) is -0.539. The minimum atomic E-state index is -0.662. The molecule has 55 heavy (non-hydrogen) atoms. The van der Waals surface area contributed by atoms with E-state index in [1.54, 1.807) is 0 Å². The molecule has 0 saturated carbocycles. The van der Waals surface area contributed by atoms with Crippen molar-refractivity contribution in [2.75, 3.05) is 6.61 Å². The van der Waals surface area contributed by atoms with E-state index in [1.165, 1.54) is 218 Å². The Morgan fingerprint density at radius 2 is 0.745 bits per heavy atom. The summed E-state index contributed by atoms with van der Waals surface area (Å²) in [7, 11) is 0. The zero-order valence-corrected chi connectivity index (χ0v) is 37.5. The van der Waals surface area contributed by atoms with Gasteiger partial charge in [0.1, 0.15) is 0 Å². The van der Waals surface area contributed by atoms with Crippen molar-refractivity contribution < 1.29 is 15.0 Å². The first-order valence-corrected chi connectivity index (χ1v) is 25.0. The third-order valence-corrected chi connectivity index (χ3v) is 11.7. The highest BCUT2D eigenvalue weighted by atomic mass is 16.3. The molecule has 0 aromatic heterocycles. The van der Waals surface area contributed by atoms with Crippen LogP contribution in [0.4, 0.5) is 0 Å². The Morgan fingerprint density at radius 1 is 0.436 bits per heavy atom. The highest BCUT2D eigenvalue weighted by Gasteiger charge is 2.20. The van der Waals surface area contributed by atoms with Crippen LogP contribution in [0.15, 0.2) is 24.3 Å². The standard InChI is InChI=1S/C51H99NO3/c1-3-5-7-9-11-13-15-17-19-21-23-24-25-26-27-28-29-30-32-34-36-38-40-42-44-46-50(54)49(48-53)52-51(55)47-45-43-41-39-37-35-33-31-22-20-18-16-14-12-10-8-6-4-2/h14,16,20,22,49-50,53-54H,3-13,15,17-19,21,23-48H2,1-2H3,(H,52,55)/b16-14-,22-20-. The molecule has 0 aliphatic heterocycles. The average Bonchev–Trinajstić information content (AvgIpc) is 3.19. The molecule has 0 saturated heterocycles. The molecule has 326 valence electrons. The van der Waals surface area contributed by atoms with Gasteiger partial charge in [0.05, 0.1) is 18.8 Å². The normalized spacial score (nSPS) is 13.0. The largest absolute Gasteiger partial charge is 0.394 e. The molecular formula is C51H99NO3. The van der Waals surface area contributed by atoms with Gasteiger partial charge in [-0.2, -0.15) is 0 Å². The monoisotopic (exact) mass is 774 g/mol. The Kier molecular flexibility index (Phi) is 46.3. The van der Waals surface area contributed by atoms with Gasteiger partial charge >= 0.3 is 0 Å². The molecule has 0 rings (SSSR count). The summed E-state index contributed by atoms with van der Waals surface area (Å²) in [5.41, 5.74) is 0. The lowest BCUT2D eigenvalue weighted by Crippen LogP contribution is -2.45. The zero-order chi connectivity index (χ0) is 40.0. The van der Waals surface area contributed by atoms with E-state index in [1.807, 2.05) is 0 Å². The maximum Gasteiger partial charge on any atom is 0.220 e. The number of amides is 1. The molecule has 0 bridgehead atoms. The fraction of sp³-hybridized carbons (Fsp3) is 0.902. The van der Waals surface area contributed by atoms with Crippen LogP contribution in [0.1, 0.15) is 277 Å². The first-order valence-electron chi connectivity index (χ1n) is 25.0. The first-order chi connectivity index (χ1) is 27.2. The summed E-state index contributed by atoms with van der Waals surface area (Å²) in [5, 5.41) is 23.3. The second-order valence-electron chi connectivity index (χ2n) is 17.2. The predicted molar refractivity (Wildman–Crippen MR) is 244 cm³/mol. The van der Waals surface area contributed by atoms with Crippen molar-refractivity contribution in [3.05, 3.63) is 24.3 Å². The Bertz CT molecular complexity index is 795. The maximum absolute atomic E-state index is 12.4. The third kappa shape index (κ3) is 43.8. The predicted octanol–water partition coefficient (Wildman–Crippen LogP) is 16.0. The van der Waals surface area contributed by atoms with Crippen molar-refractivity contribution in [2.45, 2.75) is 289 Å². The van der Waals surface area contributed by atoms with Crippen LogP contribution in [0.2, 0.25) is 0 Å². The topological polar surface area (TPSA) is 69.6 Å². The summed E-state index contributed by atoms with van der Waals surface area (Å²) >= 11 is 0. The van der Waals surface area contributed by atoms with Crippen LogP contribution in [-0.4, -0.2) is 34.9 Å². The molecule has 0 spiro atoms. The van der Waals surface area contributed by atoms with Gasteiger partial charge in [-0.05, 0) is 44.9 Å². The van der Waals surface area contributed by atoms with Gasteiger partial charge in [-0.1, -0.05) is 250 Å². The van der Waals surface area contributed by atoms with E-state index in [2.05, 4.69) is 43.5 Å². The smallest absolute Gasteiger partial charge is 0.220 e. The Morgan fingerprint density at radius 3 is 1.11 bits per heavy atom. The third-order valence-electron chi connectivity index (χ3n) is 11.7. The van der Waals surface area contributed by atoms with E-state index in [0.29, 0.717) is 12.8 Å². The highest BCUT2D eigenvalue weighted by Crippen LogP contribution is 2.17. The number of carbonyl (C=O) groups excluding carboxylic acids is 1. The Balaban J connectivity index is 3.46. The molecule has 0 fully saturated rings. The van der Waals surface area contributed by atoms with Crippen LogP contribution in [0, 0.1) is 0 Å². The van der Waals surface area contributed by atoms with E-state index < -0.39 is 12.1 Å². The van der Waals surface area contributed by atoms with Crippen molar-refractivity contribution in [2.24, 2.45) is 0 Å². The lowest BCUT2D eigenvalue weighted by molar-refractivity contribution is -0.123. The second-order valence-corrected chi connectivity index (χ2v) is 17.2. The number of nitrogens with one attached hydrogen (secondary N) is 1. The number of allylic oxidation sites excluding steroid dienone is 4. The van der Waals surface area contributed by atoms with Gasteiger partial charge in [-0.3, -0.25) is 4.79 Å². The number of carbonyl (C=O) groups is 1. The van der Waals surface area contributed by atoms with E-state index in [-0.39, 0.29) is 12.5 Å². The first kappa shape index (κ1) is 53.9. The maximum atomic E-state index is 12.4. The molecule has 0 aliphatic carbocycles. The van der Waals surface area contributed by atoms with Crippen LogP contribution >= 0.6 is 0 Å². The van der Waals surface area contributed by atoms with E-state index in [4.69, 9.17) is 0 Å².